The van der Waals surface area contributed by atoms with Crippen molar-refractivity contribution in [2.75, 3.05) is 5.75 Å². The van der Waals surface area contributed by atoms with E-state index in [-0.39, 0.29) is 12.3 Å². The Bertz CT molecular complexity index is 675. The molecule has 6 nitrogen and oxygen atoms in total. The largest absolute Gasteiger partial charge is 0.387 e. The summed E-state index contributed by atoms with van der Waals surface area (Å²) in [6.07, 6.45) is 27.6. The van der Waals surface area contributed by atoms with Crippen molar-refractivity contribution in [3.05, 3.63) is 24.3 Å². The van der Waals surface area contributed by atoms with Crippen LogP contribution in [-0.2, 0) is 14.9 Å². The fourth-order valence-electron chi connectivity index (χ4n) is 4.15. The average molecular weight is 530 g/mol. The molecule has 0 saturated carbocycles. The normalized spacial score (nSPS) is 14.0. The first-order chi connectivity index (χ1) is 17.3. The number of aliphatic hydroxyl groups excluding tert-OH is 1. The predicted molar refractivity (Wildman–Crippen MR) is 152 cm³/mol. The molecule has 0 bridgehead atoms. The number of carbonyl (C=O) groups is 1. The minimum Gasteiger partial charge on any atom is -0.387 e. The van der Waals surface area contributed by atoms with Gasteiger partial charge in [0.1, 0.15) is 0 Å². The lowest BCUT2D eigenvalue weighted by Crippen LogP contribution is -2.46. The average Bonchev–Trinajstić information content (AvgIpc) is 2.82. The minimum atomic E-state index is -4.32. The highest BCUT2D eigenvalue weighted by atomic mass is 32.2. The van der Waals surface area contributed by atoms with E-state index in [1.165, 1.54) is 51.0 Å². The molecule has 0 radical (unpaired) electrons. The zero-order valence-electron chi connectivity index (χ0n) is 23.1. The molecule has 1 amide bonds. The minimum absolute atomic E-state index is 0.285. The fourth-order valence-corrected chi connectivity index (χ4v) is 4.88. The van der Waals surface area contributed by atoms with Gasteiger partial charge in [0.15, 0.2) is 0 Å². The van der Waals surface area contributed by atoms with Crippen molar-refractivity contribution in [1.82, 2.24) is 5.32 Å². The van der Waals surface area contributed by atoms with Crippen LogP contribution in [0.2, 0.25) is 0 Å². The molecule has 0 spiro atoms. The fraction of sp³-hybridized carbons (Fsp3) is 0.828. The Morgan fingerprint density at radius 3 is 1.69 bits per heavy atom. The third-order valence-corrected chi connectivity index (χ3v) is 7.15. The molecule has 0 saturated heterocycles. The molecule has 0 aromatic carbocycles. The summed E-state index contributed by atoms with van der Waals surface area (Å²) in [5, 5.41) is 12.9. The molecular formula is C29H55NO5S. The van der Waals surface area contributed by atoms with Gasteiger partial charge in [0.05, 0.1) is 17.9 Å². The molecule has 0 aromatic heterocycles. The van der Waals surface area contributed by atoms with Crippen LogP contribution in [0.15, 0.2) is 24.3 Å². The van der Waals surface area contributed by atoms with Crippen LogP contribution >= 0.6 is 0 Å². The molecule has 2 unspecified atom stereocenters. The molecule has 0 fully saturated rings. The smallest absolute Gasteiger partial charge is 0.267 e. The number of carbonyl (C=O) groups excluding carboxylic acids is 1. The number of hydrogen-bond acceptors (Lipinski definition) is 4. The van der Waals surface area contributed by atoms with Gasteiger partial charge in [-0.1, -0.05) is 109 Å². The Labute approximate surface area is 222 Å². The van der Waals surface area contributed by atoms with E-state index in [2.05, 4.69) is 31.3 Å². The first-order valence-corrected chi connectivity index (χ1v) is 16.1. The van der Waals surface area contributed by atoms with Crippen LogP contribution in [0.1, 0.15) is 136 Å². The number of hydrogen-bond donors (Lipinski definition) is 3. The van der Waals surface area contributed by atoms with Gasteiger partial charge in [0.2, 0.25) is 5.91 Å². The molecule has 0 heterocycles. The molecule has 0 aromatic rings. The molecule has 7 heteroatoms. The zero-order valence-corrected chi connectivity index (χ0v) is 24.0. The monoisotopic (exact) mass is 529 g/mol. The Kier molecular flexibility index (Phi) is 23.4. The van der Waals surface area contributed by atoms with Crippen LogP contribution in [0.4, 0.5) is 0 Å². The maximum atomic E-state index is 12.3. The molecule has 36 heavy (non-hydrogen) atoms. The van der Waals surface area contributed by atoms with Gasteiger partial charge >= 0.3 is 0 Å². The Balaban J connectivity index is 4.01. The SMILES string of the molecule is CCCCCC/C=C/C(O)C(CS(=O)(=O)O)NC(=O)CCCCCCC/C=C\CCCCCCCC. The maximum absolute atomic E-state index is 12.3. The highest BCUT2D eigenvalue weighted by Crippen LogP contribution is 2.11. The number of nitrogens with one attached hydrogen (secondary N) is 1. The van der Waals surface area contributed by atoms with Crippen molar-refractivity contribution >= 4 is 16.0 Å². The lowest BCUT2D eigenvalue weighted by molar-refractivity contribution is -0.122. The van der Waals surface area contributed by atoms with Crippen LogP contribution in [0.5, 0.6) is 0 Å². The predicted octanol–water partition coefficient (Wildman–Crippen LogP) is 7.28. The lowest BCUT2D eigenvalue weighted by atomic mass is 10.1. The van der Waals surface area contributed by atoms with E-state index in [1.807, 2.05) is 6.08 Å². The van der Waals surface area contributed by atoms with Crippen molar-refractivity contribution in [1.29, 1.82) is 0 Å². The summed E-state index contributed by atoms with van der Waals surface area (Å²) < 4.78 is 31.9. The van der Waals surface area contributed by atoms with Gasteiger partial charge in [-0.3, -0.25) is 9.35 Å². The van der Waals surface area contributed by atoms with Crippen molar-refractivity contribution in [3.63, 3.8) is 0 Å². The van der Waals surface area contributed by atoms with Gasteiger partial charge in [0.25, 0.3) is 10.1 Å². The molecule has 212 valence electrons. The molecule has 2 atom stereocenters. The Hall–Kier alpha value is -1.18. The third kappa shape index (κ3) is 24.5. The number of allylic oxidation sites excluding steroid dienone is 3. The van der Waals surface area contributed by atoms with E-state index in [0.717, 1.165) is 70.6 Å². The lowest BCUT2D eigenvalue weighted by Gasteiger charge is -2.21. The van der Waals surface area contributed by atoms with Crippen molar-refractivity contribution in [3.8, 4) is 0 Å². The van der Waals surface area contributed by atoms with Gasteiger partial charge in [0, 0.05) is 6.42 Å². The van der Waals surface area contributed by atoms with E-state index in [4.69, 9.17) is 0 Å². The highest BCUT2D eigenvalue weighted by Gasteiger charge is 2.24. The standard InChI is InChI=1S/C29H55NO5S/c1-3-5-7-9-11-12-13-14-15-16-17-18-19-21-23-25-29(32)30-27(26-36(33,34)35)28(31)24-22-20-10-8-6-4-2/h14-15,22,24,27-28,31H,3-13,16-21,23,25-26H2,1-2H3,(H,30,32)(H,33,34,35)/b15-14-,24-22+. The number of rotatable bonds is 25. The zero-order chi connectivity index (χ0) is 26.9. The van der Waals surface area contributed by atoms with E-state index in [1.54, 1.807) is 0 Å². The summed E-state index contributed by atoms with van der Waals surface area (Å²) in [5.74, 6) is -0.997. The topological polar surface area (TPSA) is 104 Å². The molecular weight excluding hydrogens is 474 g/mol. The molecule has 0 aliphatic heterocycles. The first-order valence-electron chi connectivity index (χ1n) is 14.5. The summed E-state index contributed by atoms with van der Waals surface area (Å²) in [6, 6.07) is -1.05. The van der Waals surface area contributed by atoms with Gasteiger partial charge in [-0.25, -0.2) is 0 Å². The molecule has 3 N–H and O–H groups in total. The molecule has 0 aliphatic carbocycles. The van der Waals surface area contributed by atoms with Crippen molar-refractivity contribution in [2.24, 2.45) is 0 Å². The van der Waals surface area contributed by atoms with Crippen LogP contribution in [0.3, 0.4) is 0 Å². The second-order valence-electron chi connectivity index (χ2n) is 10.0. The van der Waals surface area contributed by atoms with Gasteiger partial charge in [-0.2, -0.15) is 8.42 Å². The molecule has 0 rings (SSSR count). The van der Waals surface area contributed by atoms with E-state index < -0.39 is 28.0 Å². The Morgan fingerprint density at radius 2 is 1.17 bits per heavy atom. The maximum Gasteiger partial charge on any atom is 0.267 e. The highest BCUT2D eigenvalue weighted by molar-refractivity contribution is 7.85. The van der Waals surface area contributed by atoms with Crippen LogP contribution in [0.25, 0.3) is 0 Å². The summed E-state index contributed by atoms with van der Waals surface area (Å²) in [6.45, 7) is 4.38. The van der Waals surface area contributed by atoms with E-state index in [9.17, 15) is 22.9 Å². The van der Waals surface area contributed by atoms with Crippen LogP contribution in [0, 0.1) is 0 Å². The van der Waals surface area contributed by atoms with E-state index in [0.29, 0.717) is 0 Å². The van der Waals surface area contributed by atoms with Gasteiger partial charge < -0.3 is 10.4 Å². The van der Waals surface area contributed by atoms with Gasteiger partial charge in [-0.15, -0.1) is 0 Å². The number of amides is 1. The van der Waals surface area contributed by atoms with E-state index >= 15 is 0 Å². The second-order valence-corrected chi connectivity index (χ2v) is 11.5. The van der Waals surface area contributed by atoms with Crippen molar-refractivity contribution < 1.29 is 22.9 Å². The third-order valence-electron chi connectivity index (χ3n) is 6.37. The summed E-state index contributed by atoms with van der Waals surface area (Å²) in [4.78, 5) is 12.3. The van der Waals surface area contributed by atoms with Crippen LogP contribution in [-0.4, -0.2) is 41.9 Å². The van der Waals surface area contributed by atoms with Gasteiger partial charge in [-0.05, 0) is 44.9 Å². The Morgan fingerprint density at radius 1 is 0.722 bits per heavy atom. The number of aliphatic hydroxyl groups is 1. The van der Waals surface area contributed by atoms with Crippen LogP contribution < -0.4 is 5.32 Å². The van der Waals surface area contributed by atoms with Crippen molar-refractivity contribution in [2.45, 2.75) is 148 Å². The number of unbranched alkanes of at least 4 members (excludes halogenated alkanes) is 15. The molecule has 0 aliphatic rings. The summed E-state index contributed by atoms with van der Waals surface area (Å²) in [5.41, 5.74) is 0. The second kappa shape index (κ2) is 24.2. The summed E-state index contributed by atoms with van der Waals surface area (Å²) >= 11 is 0. The first kappa shape index (κ1) is 34.8. The quantitative estimate of drug-likeness (QED) is 0.0654. The summed E-state index contributed by atoms with van der Waals surface area (Å²) in [7, 11) is -4.32.